The lowest BCUT2D eigenvalue weighted by molar-refractivity contribution is -0.120. The molecule has 8 nitrogen and oxygen atoms in total. The quantitative estimate of drug-likeness (QED) is 0.662. The smallest absolute Gasteiger partial charge is 0.408 e. The van der Waals surface area contributed by atoms with Gasteiger partial charge in [0.15, 0.2) is 5.58 Å². The molecule has 0 spiro atoms. The monoisotopic (exact) mass is 429 g/mol. The number of piperidine rings is 1. The van der Waals surface area contributed by atoms with E-state index in [0.717, 1.165) is 11.1 Å². The molecule has 2 aromatic carbocycles. The highest BCUT2D eigenvalue weighted by Gasteiger charge is 2.33. The first kappa shape index (κ1) is 20.4. The van der Waals surface area contributed by atoms with Gasteiger partial charge in [0, 0.05) is 24.8 Å². The summed E-state index contributed by atoms with van der Waals surface area (Å²) in [6.45, 7) is 4.36. The van der Waals surface area contributed by atoms with Gasteiger partial charge in [0.25, 0.3) is 0 Å². The molecular formula is C21H23N3O5S. The third-order valence-electron chi connectivity index (χ3n) is 5.27. The van der Waals surface area contributed by atoms with Crippen LogP contribution in [0.5, 0.6) is 0 Å². The summed E-state index contributed by atoms with van der Waals surface area (Å²) in [5, 5.41) is 2.92. The molecule has 3 aromatic rings. The molecule has 1 aliphatic rings. The van der Waals surface area contributed by atoms with Crippen LogP contribution in [0.25, 0.3) is 11.1 Å². The maximum absolute atomic E-state index is 13.1. The van der Waals surface area contributed by atoms with Crippen molar-refractivity contribution in [2.24, 2.45) is 5.92 Å². The summed E-state index contributed by atoms with van der Waals surface area (Å²) in [7, 11) is -3.82. The molecule has 0 unspecified atom stereocenters. The lowest BCUT2D eigenvalue weighted by Crippen LogP contribution is -2.43. The molecule has 1 amide bonds. The fourth-order valence-electron chi connectivity index (χ4n) is 3.90. The van der Waals surface area contributed by atoms with Gasteiger partial charge >= 0.3 is 5.76 Å². The lowest BCUT2D eigenvalue weighted by Gasteiger charge is -2.31. The fraction of sp³-hybridized carbons (Fsp3) is 0.333. The predicted molar refractivity (Wildman–Crippen MR) is 113 cm³/mol. The minimum absolute atomic E-state index is 0.0353. The highest BCUT2D eigenvalue weighted by molar-refractivity contribution is 7.89. The van der Waals surface area contributed by atoms with Gasteiger partial charge in [-0.15, -0.1) is 0 Å². The molecular weight excluding hydrogens is 406 g/mol. The Bertz CT molecular complexity index is 1260. The van der Waals surface area contributed by atoms with Gasteiger partial charge in [-0.05, 0) is 62.1 Å². The van der Waals surface area contributed by atoms with Crippen molar-refractivity contribution in [3.63, 3.8) is 0 Å². The van der Waals surface area contributed by atoms with E-state index in [0.29, 0.717) is 30.6 Å². The first-order chi connectivity index (χ1) is 14.2. The molecule has 1 fully saturated rings. The largest absolute Gasteiger partial charge is 0.417 e. The second-order valence-electron chi connectivity index (χ2n) is 7.74. The van der Waals surface area contributed by atoms with Crippen LogP contribution >= 0.6 is 0 Å². The Kier molecular flexibility index (Phi) is 5.25. The first-order valence-corrected chi connectivity index (χ1v) is 11.2. The van der Waals surface area contributed by atoms with Crippen LogP contribution in [-0.2, 0) is 14.8 Å². The van der Waals surface area contributed by atoms with E-state index >= 15 is 0 Å². The fourth-order valence-corrected chi connectivity index (χ4v) is 5.44. The number of carbonyl (C=O) groups excluding carboxylic acids is 1. The zero-order valence-electron chi connectivity index (χ0n) is 16.8. The maximum Gasteiger partial charge on any atom is 0.417 e. The van der Waals surface area contributed by atoms with E-state index in [2.05, 4.69) is 10.3 Å². The van der Waals surface area contributed by atoms with E-state index in [1.807, 2.05) is 32.0 Å². The molecule has 0 bridgehead atoms. The number of nitrogens with zero attached hydrogens (tertiary/aromatic N) is 1. The number of nitrogens with one attached hydrogen (secondary N) is 2. The summed E-state index contributed by atoms with van der Waals surface area (Å²) in [5.41, 5.74) is 3.42. The Morgan fingerprint density at radius 3 is 2.63 bits per heavy atom. The van der Waals surface area contributed by atoms with Crippen LogP contribution in [0.4, 0.5) is 5.69 Å². The van der Waals surface area contributed by atoms with E-state index in [-0.39, 0.29) is 22.9 Å². The van der Waals surface area contributed by atoms with Crippen LogP contribution in [0.1, 0.15) is 24.0 Å². The van der Waals surface area contributed by atoms with Crippen LogP contribution in [0.2, 0.25) is 0 Å². The Hall–Kier alpha value is -2.91. The van der Waals surface area contributed by atoms with E-state index in [9.17, 15) is 18.0 Å². The molecule has 0 aliphatic carbocycles. The van der Waals surface area contributed by atoms with Gasteiger partial charge < -0.3 is 9.73 Å². The van der Waals surface area contributed by atoms with Gasteiger partial charge in [-0.2, -0.15) is 4.31 Å². The van der Waals surface area contributed by atoms with Crippen LogP contribution in [-0.4, -0.2) is 36.7 Å². The van der Waals surface area contributed by atoms with Crippen LogP contribution < -0.4 is 11.1 Å². The zero-order chi connectivity index (χ0) is 21.5. The molecule has 9 heteroatoms. The second-order valence-corrected chi connectivity index (χ2v) is 9.68. The van der Waals surface area contributed by atoms with Crippen LogP contribution in [0.3, 0.4) is 0 Å². The van der Waals surface area contributed by atoms with Crippen molar-refractivity contribution in [2.75, 3.05) is 18.4 Å². The number of carbonyl (C=O) groups is 1. The summed E-state index contributed by atoms with van der Waals surface area (Å²) in [4.78, 5) is 26.6. The minimum atomic E-state index is -3.82. The second kappa shape index (κ2) is 7.73. The maximum atomic E-state index is 13.1. The highest BCUT2D eigenvalue weighted by Crippen LogP contribution is 2.26. The number of aryl methyl sites for hydroxylation is 2. The Labute approximate surface area is 173 Å². The number of H-pyrrole nitrogens is 1. The standard InChI is InChI=1S/C21H23N3O5S/c1-13-8-14(2)10-16(9-13)22-20(25)15-4-3-7-24(12-15)30(27,28)17-5-6-18-19(11-17)29-21(26)23-18/h5-6,8-11,15H,3-4,7,12H2,1-2H3,(H,22,25)(H,23,26)/t15-/m1/s1. The molecule has 30 heavy (non-hydrogen) atoms. The summed E-state index contributed by atoms with van der Waals surface area (Å²) < 4.78 is 32.5. The molecule has 1 aliphatic heterocycles. The number of hydrogen-bond acceptors (Lipinski definition) is 5. The zero-order valence-corrected chi connectivity index (χ0v) is 17.6. The number of fused-ring (bicyclic) bond motifs is 1. The van der Waals surface area contributed by atoms with E-state index in [1.165, 1.54) is 22.5 Å². The number of sulfonamides is 1. The minimum Gasteiger partial charge on any atom is -0.408 e. The molecule has 158 valence electrons. The molecule has 2 N–H and O–H groups in total. The number of anilines is 1. The number of aromatic nitrogens is 1. The average molecular weight is 429 g/mol. The van der Waals surface area contributed by atoms with Gasteiger partial charge in [0.2, 0.25) is 15.9 Å². The Balaban J connectivity index is 1.53. The van der Waals surface area contributed by atoms with E-state index in [1.54, 1.807) is 0 Å². The molecule has 1 saturated heterocycles. The number of rotatable bonds is 4. The molecule has 0 radical (unpaired) electrons. The number of aromatic amines is 1. The normalized spacial score (nSPS) is 17.9. The summed E-state index contributed by atoms with van der Waals surface area (Å²) in [5.74, 6) is -1.27. The number of benzene rings is 2. The van der Waals surface area contributed by atoms with Crippen molar-refractivity contribution in [3.05, 3.63) is 58.1 Å². The SMILES string of the molecule is Cc1cc(C)cc(NC(=O)[C@@H]2CCCN(S(=O)(=O)c3ccc4[nH]c(=O)oc4c3)C2)c1. The summed E-state index contributed by atoms with van der Waals surface area (Å²) in [6.07, 6.45) is 1.21. The van der Waals surface area contributed by atoms with Gasteiger partial charge in [-0.25, -0.2) is 13.2 Å². The lowest BCUT2D eigenvalue weighted by atomic mass is 9.98. The molecule has 2 heterocycles. The Morgan fingerprint density at radius 2 is 1.90 bits per heavy atom. The molecule has 1 aromatic heterocycles. The highest BCUT2D eigenvalue weighted by atomic mass is 32.2. The van der Waals surface area contributed by atoms with Crippen LogP contribution in [0, 0.1) is 19.8 Å². The van der Waals surface area contributed by atoms with Crippen molar-refractivity contribution in [3.8, 4) is 0 Å². The van der Waals surface area contributed by atoms with Crippen molar-refractivity contribution in [1.82, 2.24) is 9.29 Å². The summed E-state index contributed by atoms with van der Waals surface area (Å²) in [6, 6.07) is 10.1. The average Bonchev–Trinajstić information content (AvgIpc) is 3.06. The predicted octanol–water partition coefficient (Wildman–Crippen LogP) is 2.78. The molecule has 0 saturated carbocycles. The molecule has 4 rings (SSSR count). The van der Waals surface area contributed by atoms with Gasteiger partial charge in [0.05, 0.1) is 16.3 Å². The third kappa shape index (κ3) is 4.03. The number of amides is 1. The third-order valence-corrected chi connectivity index (χ3v) is 7.14. The molecule has 1 atom stereocenters. The number of hydrogen-bond donors (Lipinski definition) is 2. The van der Waals surface area contributed by atoms with Crippen LogP contribution in [0.15, 0.2) is 50.5 Å². The topological polar surface area (TPSA) is 112 Å². The van der Waals surface area contributed by atoms with Crippen molar-refractivity contribution in [2.45, 2.75) is 31.6 Å². The first-order valence-electron chi connectivity index (χ1n) is 9.74. The van der Waals surface area contributed by atoms with Crippen molar-refractivity contribution >= 4 is 32.7 Å². The van der Waals surface area contributed by atoms with Crippen molar-refractivity contribution < 1.29 is 17.6 Å². The Morgan fingerprint density at radius 1 is 1.17 bits per heavy atom. The van der Waals surface area contributed by atoms with Gasteiger partial charge in [-0.1, -0.05) is 6.07 Å². The number of oxazole rings is 1. The van der Waals surface area contributed by atoms with Crippen molar-refractivity contribution in [1.29, 1.82) is 0 Å². The van der Waals surface area contributed by atoms with E-state index in [4.69, 9.17) is 4.42 Å². The van der Waals surface area contributed by atoms with Gasteiger partial charge in [0.1, 0.15) is 0 Å². The van der Waals surface area contributed by atoms with Gasteiger partial charge in [-0.3, -0.25) is 9.78 Å². The van der Waals surface area contributed by atoms with E-state index < -0.39 is 21.7 Å². The summed E-state index contributed by atoms with van der Waals surface area (Å²) >= 11 is 0.